The van der Waals surface area contributed by atoms with Crippen LogP contribution in [0, 0.1) is 6.92 Å². The first-order chi connectivity index (χ1) is 17.8. The Morgan fingerprint density at radius 2 is 1.81 bits per heavy atom. The number of carbonyl (C=O) groups excluding carboxylic acids is 1. The lowest BCUT2D eigenvalue weighted by atomic mass is 10.1. The van der Waals surface area contributed by atoms with Crippen LogP contribution in [0.5, 0.6) is 0 Å². The second-order valence-electron chi connectivity index (χ2n) is 8.25. The third-order valence-corrected chi connectivity index (χ3v) is 8.29. The van der Waals surface area contributed by atoms with E-state index in [0.29, 0.717) is 28.3 Å². The number of hydrogen-bond acceptors (Lipinski definition) is 6. The maximum atomic E-state index is 13.4. The van der Waals surface area contributed by atoms with E-state index < -0.39 is 15.9 Å². The Bertz CT molecular complexity index is 1440. The van der Waals surface area contributed by atoms with E-state index in [4.69, 9.17) is 11.6 Å². The monoisotopic (exact) mass is 555 g/mol. The van der Waals surface area contributed by atoms with Crippen LogP contribution >= 0.6 is 23.4 Å². The molecule has 3 aromatic carbocycles. The Labute approximate surface area is 225 Å². The van der Waals surface area contributed by atoms with Gasteiger partial charge in [-0.15, -0.1) is 5.10 Å². The summed E-state index contributed by atoms with van der Waals surface area (Å²) in [7, 11) is -3.94. The average molecular weight is 556 g/mol. The normalized spacial score (nSPS) is 11.5. The van der Waals surface area contributed by atoms with E-state index in [-0.39, 0.29) is 18.0 Å². The lowest BCUT2D eigenvalue weighted by Gasteiger charge is -2.22. The van der Waals surface area contributed by atoms with E-state index in [2.05, 4.69) is 20.5 Å². The largest absolute Gasteiger partial charge is 0.354 e. The average Bonchev–Trinajstić information content (AvgIpc) is 3.36. The number of carbonyl (C=O) groups is 1. The molecule has 0 saturated carbocycles. The molecule has 0 unspecified atom stereocenters. The first-order valence-electron chi connectivity index (χ1n) is 11.5. The van der Waals surface area contributed by atoms with Gasteiger partial charge in [0.25, 0.3) is 0 Å². The van der Waals surface area contributed by atoms with Gasteiger partial charge in [0.2, 0.25) is 21.1 Å². The highest BCUT2D eigenvalue weighted by atomic mass is 35.5. The van der Waals surface area contributed by atoms with Gasteiger partial charge in [0.05, 0.1) is 11.4 Å². The summed E-state index contributed by atoms with van der Waals surface area (Å²) >= 11 is 7.33. The van der Waals surface area contributed by atoms with Crippen LogP contribution in [0.25, 0.3) is 11.4 Å². The van der Waals surface area contributed by atoms with Crippen molar-refractivity contribution in [2.24, 2.45) is 0 Å². The zero-order chi connectivity index (χ0) is 26.3. The van der Waals surface area contributed by atoms with Crippen molar-refractivity contribution in [3.05, 3.63) is 95.0 Å². The lowest BCUT2D eigenvalue weighted by Crippen LogP contribution is -2.40. The van der Waals surface area contributed by atoms with Crippen LogP contribution in [0.4, 0.5) is 0 Å². The molecule has 0 saturated heterocycles. The summed E-state index contributed by atoms with van der Waals surface area (Å²) < 4.78 is 27.9. The molecule has 1 heterocycles. The van der Waals surface area contributed by atoms with Gasteiger partial charge in [-0.3, -0.25) is 9.89 Å². The van der Waals surface area contributed by atoms with E-state index in [1.807, 2.05) is 61.5 Å². The van der Waals surface area contributed by atoms with E-state index in [0.717, 1.165) is 16.7 Å². The molecule has 0 bridgehead atoms. The van der Waals surface area contributed by atoms with E-state index in [1.54, 1.807) is 0 Å². The number of rotatable bonds is 11. The zero-order valence-corrected chi connectivity index (χ0v) is 22.5. The van der Waals surface area contributed by atoms with Gasteiger partial charge in [0.1, 0.15) is 0 Å². The van der Waals surface area contributed by atoms with Crippen molar-refractivity contribution in [1.82, 2.24) is 24.8 Å². The molecule has 0 atom stereocenters. The van der Waals surface area contributed by atoms with E-state index in [1.165, 1.54) is 40.3 Å². The highest BCUT2D eigenvalue weighted by molar-refractivity contribution is 7.99. The van der Waals surface area contributed by atoms with Crippen LogP contribution in [0.15, 0.2) is 88.9 Å². The number of benzene rings is 3. The van der Waals surface area contributed by atoms with Gasteiger partial charge in [-0.25, -0.2) is 13.4 Å². The van der Waals surface area contributed by atoms with Gasteiger partial charge in [0, 0.05) is 29.4 Å². The Morgan fingerprint density at radius 3 is 2.54 bits per heavy atom. The lowest BCUT2D eigenvalue weighted by molar-refractivity contribution is -0.121. The molecule has 0 radical (unpaired) electrons. The quantitative estimate of drug-likeness (QED) is 0.208. The predicted octanol–water partition coefficient (Wildman–Crippen LogP) is 4.53. The molecule has 0 fully saturated rings. The van der Waals surface area contributed by atoms with Gasteiger partial charge in [-0.05, 0) is 36.8 Å². The fourth-order valence-corrected chi connectivity index (χ4v) is 5.74. The summed E-state index contributed by atoms with van der Waals surface area (Å²) in [6, 6.07) is 23.1. The van der Waals surface area contributed by atoms with Crippen molar-refractivity contribution >= 4 is 39.3 Å². The minimum absolute atomic E-state index is 0.0638. The number of aryl methyl sites for hydroxylation is 1. The molecule has 4 rings (SSSR count). The van der Waals surface area contributed by atoms with Crippen LogP contribution in [-0.4, -0.2) is 52.7 Å². The van der Waals surface area contributed by atoms with Crippen molar-refractivity contribution in [2.45, 2.75) is 23.5 Å². The van der Waals surface area contributed by atoms with Crippen LogP contribution < -0.4 is 5.32 Å². The summed E-state index contributed by atoms with van der Waals surface area (Å²) in [6.45, 7) is 2.01. The molecule has 0 aliphatic carbocycles. The Hall–Kier alpha value is -3.18. The Morgan fingerprint density at radius 1 is 1.05 bits per heavy atom. The Balaban J connectivity index is 1.37. The number of nitrogens with one attached hydrogen (secondary N) is 2. The standard InChI is InChI=1S/C26H26ClN5O3S2/c1-19-6-5-7-20(16-19)17-32(37(34,35)23-12-10-22(27)11-13-23)18-24(33)28-14-15-36-26-29-25(30-31-26)21-8-3-2-4-9-21/h2-13,16H,14-15,17-18H2,1H3,(H,28,33)(H,29,30,31). The number of sulfonamides is 1. The van der Waals surface area contributed by atoms with E-state index >= 15 is 0 Å². The minimum atomic E-state index is -3.94. The smallest absolute Gasteiger partial charge is 0.243 e. The summed E-state index contributed by atoms with van der Waals surface area (Å²) in [5, 5.41) is 10.9. The van der Waals surface area contributed by atoms with E-state index in [9.17, 15) is 13.2 Å². The number of H-pyrrole nitrogens is 1. The third-order valence-electron chi connectivity index (χ3n) is 5.38. The first kappa shape index (κ1) is 26.9. The molecular weight excluding hydrogens is 530 g/mol. The number of amides is 1. The Kier molecular flexibility index (Phi) is 8.99. The van der Waals surface area contributed by atoms with Crippen molar-refractivity contribution in [3.63, 3.8) is 0 Å². The second-order valence-corrected chi connectivity index (χ2v) is 11.7. The molecule has 0 aliphatic rings. The minimum Gasteiger partial charge on any atom is -0.354 e. The number of aromatic amines is 1. The SMILES string of the molecule is Cc1cccc(CN(CC(=O)NCCSc2n[nH]c(-c3ccccc3)n2)S(=O)(=O)c2ccc(Cl)cc2)c1. The van der Waals surface area contributed by atoms with Crippen LogP contribution in [-0.2, 0) is 21.4 Å². The van der Waals surface area contributed by atoms with Crippen LogP contribution in [0.2, 0.25) is 5.02 Å². The van der Waals surface area contributed by atoms with Crippen molar-refractivity contribution in [1.29, 1.82) is 0 Å². The number of hydrogen-bond donors (Lipinski definition) is 2. The number of halogens is 1. The van der Waals surface area contributed by atoms with Crippen molar-refractivity contribution < 1.29 is 13.2 Å². The highest BCUT2D eigenvalue weighted by Gasteiger charge is 2.27. The molecule has 37 heavy (non-hydrogen) atoms. The molecule has 192 valence electrons. The number of thioether (sulfide) groups is 1. The second kappa shape index (κ2) is 12.4. The summed E-state index contributed by atoms with van der Waals surface area (Å²) in [4.78, 5) is 17.3. The fraction of sp³-hybridized carbons (Fsp3) is 0.192. The van der Waals surface area contributed by atoms with Crippen molar-refractivity contribution in [3.8, 4) is 11.4 Å². The molecule has 2 N–H and O–H groups in total. The predicted molar refractivity (Wildman–Crippen MR) is 146 cm³/mol. The highest BCUT2D eigenvalue weighted by Crippen LogP contribution is 2.21. The van der Waals surface area contributed by atoms with Gasteiger partial charge in [-0.1, -0.05) is 83.5 Å². The topological polar surface area (TPSA) is 108 Å². The summed E-state index contributed by atoms with van der Waals surface area (Å²) in [6.07, 6.45) is 0. The molecule has 11 heteroatoms. The maximum absolute atomic E-state index is 13.4. The van der Waals surface area contributed by atoms with Gasteiger partial charge in [0.15, 0.2) is 5.82 Å². The third kappa shape index (κ3) is 7.42. The molecule has 0 aliphatic heterocycles. The van der Waals surface area contributed by atoms with Crippen LogP contribution in [0.3, 0.4) is 0 Å². The maximum Gasteiger partial charge on any atom is 0.243 e. The molecule has 1 aromatic heterocycles. The summed E-state index contributed by atoms with van der Waals surface area (Å²) in [5.74, 6) is 0.802. The van der Waals surface area contributed by atoms with Crippen LogP contribution in [0.1, 0.15) is 11.1 Å². The molecule has 0 spiro atoms. The van der Waals surface area contributed by atoms with Crippen molar-refractivity contribution in [2.75, 3.05) is 18.8 Å². The molecule has 1 amide bonds. The first-order valence-corrected chi connectivity index (χ1v) is 14.3. The fourth-order valence-electron chi connectivity index (χ4n) is 3.58. The van der Waals surface area contributed by atoms with Gasteiger partial charge >= 0.3 is 0 Å². The van der Waals surface area contributed by atoms with Gasteiger partial charge in [-0.2, -0.15) is 4.31 Å². The molecule has 8 nitrogen and oxygen atoms in total. The van der Waals surface area contributed by atoms with Gasteiger partial charge < -0.3 is 5.32 Å². The number of nitrogens with zero attached hydrogens (tertiary/aromatic N) is 3. The number of aromatic nitrogens is 3. The zero-order valence-electron chi connectivity index (χ0n) is 20.1. The molecular formula is C26H26ClN5O3S2. The molecule has 4 aromatic rings. The summed E-state index contributed by atoms with van der Waals surface area (Å²) in [5.41, 5.74) is 2.73.